The van der Waals surface area contributed by atoms with E-state index in [1.807, 2.05) is 11.7 Å². The van der Waals surface area contributed by atoms with Crippen molar-refractivity contribution in [3.05, 3.63) is 40.5 Å². The van der Waals surface area contributed by atoms with Crippen molar-refractivity contribution >= 4 is 0 Å². The summed E-state index contributed by atoms with van der Waals surface area (Å²) in [5.74, 6) is 0. The lowest BCUT2D eigenvalue weighted by Gasteiger charge is -2.21. The Hall–Kier alpha value is -1.55. The van der Waals surface area contributed by atoms with Crippen LogP contribution in [0.2, 0.25) is 0 Å². The van der Waals surface area contributed by atoms with E-state index in [2.05, 4.69) is 35.8 Å². The van der Waals surface area contributed by atoms with E-state index in [4.69, 9.17) is 5.73 Å². The first kappa shape index (κ1) is 12.5. The number of rotatable bonds is 2. The third-order valence-electron chi connectivity index (χ3n) is 4.43. The number of aryl methyl sites for hydroxylation is 2. The minimum absolute atomic E-state index is 0.223. The first-order valence-corrected chi connectivity index (χ1v) is 7.00. The highest BCUT2D eigenvalue weighted by atomic mass is 15.3. The molecule has 0 saturated heterocycles. The van der Waals surface area contributed by atoms with Crippen molar-refractivity contribution in [3.8, 4) is 0 Å². The van der Waals surface area contributed by atoms with Gasteiger partial charge in [-0.05, 0) is 44.7 Å². The smallest absolute Gasteiger partial charge is 0.0646 e. The molecule has 2 N–H and O–H groups in total. The van der Waals surface area contributed by atoms with Crippen molar-refractivity contribution in [1.82, 2.24) is 14.3 Å². The van der Waals surface area contributed by atoms with Crippen molar-refractivity contribution in [1.29, 1.82) is 0 Å². The zero-order valence-electron chi connectivity index (χ0n) is 12.0. The number of nitrogens with two attached hydrogens (primary N) is 1. The molecule has 4 nitrogen and oxygen atoms in total. The molecular formula is C15H22N4. The van der Waals surface area contributed by atoms with Gasteiger partial charge in [0.05, 0.1) is 12.2 Å². The van der Waals surface area contributed by atoms with Crippen LogP contribution >= 0.6 is 0 Å². The average Bonchev–Trinajstić information content (AvgIpc) is 2.88. The molecule has 1 atom stereocenters. The molecule has 4 heteroatoms. The molecule has 102 valence electrons. The fourth-order valence-corrected chi connectivity index (χ4v) is 3.16. The van der Waals surface area contributed by atoms with Crippen molar-refractivity contribution < 1.29 is 0 Å². The molecule has 0 aliphatic heterocycles. The number of aromatic nitrogens is 3. The van der Waals surface area contributed by atoms with Gasteiger partial charge in [-0.3, -0.25) is 4.68 Å². The SMILES string of the molecule is Cc1nn(C)c(C)c1Cn1ccc2c1CCCC2N. The third kappa shape index (κ3) is 2.00. The zero-order chi connectivity index (χ0) is 13.6. The molecule has 3 rings (SSSR count). The van der Waals surface area contributed by atoms with E-state index in [9.17, 15) is 0 Å². The zero-order valence-corrected chi connectivity index (χ0v) is 12.0. The minimum Gasteiger partial charge on any atom is -0.347 e. The van der Waals surface area contributed by atoms with Crippen LogP contribution in [0.3, 0.4) is 0 Å². The Morgan fingerprint density at radius 1 is 1.42 bits per heavy atom. The summed E-state index contributed by atoms with van der Waals surface area (Å²) >= 11 is 0. The van der Waals surface area contributed by atoms with Crippen LogP contribution in [0.5, 0.6) is 0 Å². The minimum atomic E-state index is 0.223. The molecule has 2 heterocycles. The van der Waals surface area contributed by atoms with Gasteiger partial charge in [-0.25, -0.2) is 0 Å². The van der Waals surface area contributed by atoms with Crippen LogP contribution in [0.15, 0.2) is 12.3 Å². The third-order valence-corrected chi connectivity index (χ3v) is 4.43. The van der Waals surface area contributed by atoms with Gasteiger partial charge in [0.2, 0.25) is 0 Å². The summed E-state index contributed by atoms with van der Waals surface area (Å²) in [6.07, 6.45) is 5.64. The van der Waals surface area contributed by atoms with Crippen molar-refractivity contribution in [2.75, 3.05) is 0 Å². The van der Waals surface area contributed by atoms with Crippen LogP contribution in [0, 0.1) is 13.8 Å². The van der Waals surface area contributed by atoms with Crippen LogP contribution < -0.4 is 5.73 Å². The number of nitrogens with zero attached hydrogens (tertiary/aromatic N) is 3. The highest BCUT2D eigenvalue weighted by Crippen LogP contribution is 2.29. The quantitative estimate of drug-likeness (QED) is 0.898. The summed E-state index contributed by atoms with van der Waals surface area (Å²) < 4.78 is 4.32. The Kier molecular flexibility index (Phi) is 2.97. The molecule has 0 saturated carbocycles. The first-order valence-electron chi connectivity index (χ1n) is 7.00. The lowest BCUT2D eigenvalue weighted by atomic mass is 9.93. The monoisotopic (exact) mass is 258 g/mol. The van der Waals surface area contributed by atoms with Crippen LogP contribution in [0.25, 0.3) is 0 Å². The molecule has 0 aromatic carbocycles. The molecule has 1 unspecified atom stereocenters. The van der Waals surface area contributed by atoms with Gasteiger partial charge in [0, 0.05) is 36.2 Å². The summed E-state index contributed by atoms with van der Waals surface area (Å²) in [4.78, 5) is 0. The Balaban J connectivity index is 1.96. The second-order valence-electron chi connectivity index (χ2n) is 5.62. The fraction of sp³-hybridized carbons (Fsp3) is 0.533. The standard InChI is InChI=1S/C15H22N4/c1-10-13(11(2)18(3)17-10)9-19-8-7-12-14(16)5-4-6-15(12)19/h7-8,14H,4-6,9,16H2,1-3H3. The summed E-state index contributed by atoms with van der Waals surface area (Å²) in [6, 6.07) is 2.42. The Morgan fingerprint density at radius 2 is 2.21 bits per heavy atom. The van der Waals surface area contributed by atoms with E-state index in [1.54, 1.807) is 0 Å². The first-order chi connectivity index (χ1) is 9.08. The second kappa shape index (κ2) is 4.53. The molecule has 0 bridgehead atoms. The second-order valence-corrected chi connectivity index (χ2v) is 5.62. The summed E-state index contributed by atoms with van der Waals surface area (Å²) in [5, 5.41) is 4.50. The largest absolute Gasteiger partial charge is 0.347 e. The van der Waals surface area contributed by atoms with Gasteiger partial charge in [-0.1, -0.05) is 0 Å². The lowest BCUT2D eigenvalue weighted by Crippen LogP contribution is -2.18. The topological polar surface area (TPSA) is 48.8 Å². The van der Waals surface area contributed by atoms with Gasteiger partial charge >= 0.3 is 0 Å². The van der Waals surface area contributed by atoms with Gasteiger partial charge in [-0.2, -0.15) is 5.10 Å². The molecule has 0 radical (unpaired) electrons. The Labute approximate surface area is 114 Å². The molecule has 1 aliphatic carbocycles. The van der Waals surface area contributed by atoms with Crippen LogP contribution in [0.4, 0.5) is 0 Å². The van der Waals surface area contributed by atoms with E-state index in [1.165, 1.54) is 28.9 Å². The summed E-state index contributed by atoms with van der Waals surface area (Å²) in [7, 11) is 2.01. The molecular weight excluding hydrogens is 236 g/mol. The highest BCUT2D eigenvalue weighted by Gasteiger charge is 2.21. The maximum atomic E-state index is 6.19. The lowest BCUT2D eigenvalue weighted by molar-refractivity contribution is 0.547. The fourth-order valence-electron chi connectivity index (χ4n) is 3.16. The van der Waals surface area contributed by atoms with E-state index in [-0.39, 0.29) is 6.04 Å². The number of hydrogen-bond donors (Lipinski definition) is 1. The van der Waals surface area contributed by atoms with Gasteiger partial charge < -0.3 is 10.3 Å². The molecule has 0 spiro atoms. The Bertz CT molecular complexity index is 606. The van der Waals surface area contributed by atoms with Crippen molar-refractivity contribution in [2.45, 2.75) is 45.7 Å². The summed E-state index contributed by atoms with van der Waals surface area (Å²) in [6.45, 7) is 5.13. The van der Waals surface area contributed by atoms with Gasteiger partial charge in [-0.15, -0.1) is 0 Å². The van der Waals surface area contributed by atoms with Crippen LogP contribution in [-0.4, -0.2) is 14.3 Å². The van der Waals surface area contributed by atoms with Crippen LogP contribution in [0.1, 0.15) is 47.1 Å². The maximum Gasteiger partial charge on any atom is 0.0646 e. The van der Waals surface area contributed by atoms with Gasteiger partial charge in [0.1, 0.15) is 0 Å². The van der Waals surface area contributed by atoms with Gasteiger partial charge in [0.15, 0.2) is 0 Å². The molecule has 2 aromatic rings. The predicted octanol–water partition coefficient (Wildman–Crippen LogP) is 2.22. The van der Waals surface area contributed by atoms with Crippen LogP contribution in [-0.2, 0) is 20.0 Å². The van der Waals surface area contributed by atoms with Crippen molar-refractivity contribution in [2.24, 2.45) is 12.8 Å². The molecule has 0 fully saturated rings. The predicted molar refractivity (Wildman–Crippen MR) is 76.1 cm³/mol. The molecule has 0 amide bonds. The normalized spacial score (nSPS) is 18.6. The van der Waals surface area contributed by atoms with Crippen molar-refractivity contribution in [3.63, 3.8) is 0 Å². The van der Waals surface area contributed by atoms with E-state index in [0.29, 0.717) is 0 Å². The van der Waals surface area contributed by atoms with E-state index in [0.717, 1.165) is 25.1 Å². The van der Waals surface area contributed by atoms with E-state index < -0.39 is 0 Å². The molecule has 1 aliphatic rings. The Morgan fingerprint density at radius 3 is 2.89 bits per heavy atom. The number of fused-ring (bicyclic) bond motifs is 1. The highest BCUT2D eigenvalue weighted by molar-refractivity contribution is 5.31. The number of hydrogen-bond acceptors (Lipinski definition) is 2. The summed E-state index contributed by atoms with van der Waals surface area (Å²) in [5.41, 5.74) is 12.7. The average molecular weight is 258 g/mol. The van der Waals surface area contributed by atoms with E-state index >= 15 is 0 Å². The molecule has 2 aromatic heterocycles. The maximum absolute atomic E-state index is 6.19. The van der Waals surface area contributed by atoms with Gasteiger partial charge in [0.25, 0.3) is 0 Å². The molecule has 19 heavy (non-hydrogen) atoms.